The van der Waals surface area contributed by atoms with Crippen LogP contribution in [0.2, 0.25) is 0 Å². The molecule has 2 unspecified atom stereocenters. The van der Waals surface area contributed by atoms with Gasteiger partial charge in [-0.05, 0) is 39.9 Å². The zero-order chi connectivity index (χ0) is 17.6. The molecule has 0 aromatic heterocycles. The Kier molecular flexibility index (Phi) is 6.63. The molecule has 0 spiro atoms. The number of carbonyl (C=O) groups excluding carboxylic acids is 1. The molecule has 2 rings (SSSR count). The first kappa shape index (κ1) is 18.7. The first-order valence-corrected chi connectivity index (χ1v) is 8.82. The molecule has 0 aliphatic heterocycles. The van der Waals surface area contributed by atoms with Crippen LogP contribution in [0, 0.1) is 5.92 Å². The number of para-hydroxylation sites is 1. The van der Waals surface area contributed by atoms with Crippen LogP contribution in [0.3, 0.4) is 0 Å². The molecule has 1 aromatic rings. The molecule has 0 saturated heterocycles. The van der Waals surface area contributed by atoms with Gasteiger partial charge in [-0.25, -0.2) is 0 Å². The lowest BCUT2D eigenvalue weighted by Crippen LogP contribution is -2.52. The van der Waals surface area contributed by atoms with Gasteiger partial charge in [0.2, 0.25) is 5.91 Å². The van der Waals surface area contributed by atoms with Crippen LogP contribution in [-0.2, 0) is 11.3 Å². The fourth-order valence-corrected chi connectivity index (χ4v) is 3.22. The second-order valence-electron chi connectivity index (χ2n) is 7.28. The molecule has 5 nitrogen and oxygen atoms in total. The summed E-state index contributed by atoms with van der Waals surface area (Å²) in [7, 11) is 4.03. The Hall–Kier alpha value is -1.59. The van der Waals surface area contributed by atoms with Crippen LogP contribution in [0.5, 0.6) is 5.75 Å². The van der Waals surface area contributed by atoms with Crippen molar-refractivity contribution in [1.29, 1.82) is 0 Å². The van der Waals surface area contributed by atoms with Gasteiger partial charge in [0.1, 0.15) is 12.4 Å². The second-order valence-corrected chi connectivity index (χ2v) is 7.28. The lowest BCUT2D eigenvalue weighted by atomic mass is 9.74. The lowest BCUT2D eigenvalue weighted by molar-refractivity contribution is -0.128. The number of nitrogens with zero attached hydrogens (tertiary/aromatic N) is 1. The average molecular weight is 333 g/mol. The number of carbonyl (C=O) groups is 1. The Morgan fingerprint density at radius 1 is 1.38 bits per heavy atom. The quantitative estimate of drug-likeness (QED) is 0.802. The van der Waals surface area contributed by atoms with E-state index in [9.17, 15) is 4.79 Å². The largest absolute Gasteiger partial charge is 0.492 e. The highest BCUT2D eigenvalue weighted by Gasteiger charge is 2.37. The molecule has 1 aliphatic rings. The van der Waals surface area contributed by atoms with Crippen molar-refractivity contribution in [3.8, 4) is 5.75 Å². The van der Waals surface area contributed by atoms with Gasteiger partial charge in [-0.2, -0.15) is 0 Å². The maximum atomic E-state index is 12.6. The molecule has 1 aromatic carbocycles. The van der Waals surface area contributed by atoms with E-state index in [1.165, 1.54) is 0 Å². The van der Waals surface area contributed by atoms with E-state index < -0.39 is 5.54 Å². The minimum absolute atomic E-state index is 0.0581. The molecule has 134 valence electrons. The molecule has 1 fully saturated rings. The highest BCUT2D eigenvalue weighted by Crippen LogP contribution is 2.31. The molecule has 0 heterocycles. The Labute approximate surface area is 145 Å². The van der Waals surface area contributed by atoms with E-state index in [4.69, 9.17) is 10.5 Å². The minimum atomic E-state index is -0.399. The van der Waals surface area contributed by atoms with Crippen molar-refractivity contribution in [2.75, 3.05) is 27.2 Å². The fourth-order valence-electron chi connectivity index (χ4n) is 3.22. The van der Waals surface area contributed by atoms with Gasteiger partial charge in [-0.3, -0.25) is 4.79 Å². The molecule has 5 heteroatoms. The zero-order valence-corrected chi connectivity index (χ0v) is 15.2. The van der Waals surface area contributed by atoms with Gasteiger partial charge in [-0.15, -0.1) is 0 Å². The van der Waals surface area contributed by atoms with Gasteiger partial charge in [0.05, 0.1) is 5.92 Å². The number of likely N-dealkylation sites (N-methyl/N-ethyl adjacent to an activating group) is 1. The van der Waals surface area contributed by atoms with Crippen LogP contribution < -0.4 is 15.8 Å². The summed E-state index contributed by atoms with van der Waals surface area (Å²) >= 11 is 0. The number of nitrogens with two attached hydrogens (primary N) is 1. The first-order chi connectivity index (χ1) is 11.4. The molecule has 1 aliphatic carbocycles. The number of hydrogen-bond acceptors (Lipinski definition) is 4. The summed E-state index contributed by atoms with van der Waals surface area (Å²) in [5.74, 6) is 0.787. The molecule has 1 saturated carbocycles. The van der Waals surface area contributed by atoms with Crippen molar-refractivity contribution in [2.24, 2.45) is 11.7 Å². The summed E-state index contributed by atoms with van der Waals surface area (Å²) in [5.41, 5.74) is 6.93. The standard InChI is InChI=1S/C19H31N3O2/c1-19(20)11-7-6-9-16(19)18(23)21-14-15-8-4-5-10-17(15)24-13-12-22(2)3/h4-5,8,10,16H,6-7,9,11-14,20H2,1-3H3,(H,21,23). The van der Waals surface area contributed by atoms with Gasteiger partial charge in [0, 0.05) is 24.2 Å². The highest BCUT2D eigenvalue weighted by atomic mass is 16.5. The number of amides is 1. The maximum absolute atomic E-state index is 12.6. The second kappa shape index (κ2) is 8.49. The summed E-state index contributed by atoms with van der Waals surface area (Å²) in [5, 5.41) is 3.05. The van der Waals surface area contributed by atoms with Crippen molar-refractivity contribution >= 4 is 5.91 Å². The molecule has 2 atom stereocenters. The number of hydrogen-bond donors (Lipinski definition) is 2. The van der Waals surface area contributed by atoms with Crippen molar-refractivity contribution in [3.63, 3.8) is 0 Å². The number of benzene rings is 1. The van der Waals surface area contributed by atoms with Gasteiger partial charge >= 0.3 is 0 Å². The third kappa shape index (κ3) is 5.21. The van der Waals surface area contributed by atoms with Crippen molar-refractivity contribution in [2.45, 2.75) is 44.7 Å². The normalized spacial score (nSPS) is 24.0. The maximum Gasteiger partial charge on any atom is 0.225 e. The average Bonchev–Trinajstić information content (AvgIpc) is 2.53. The Morgan fingerprint density at radius 2 is 2.12 bits per heavy atom. The van der Waals surface area contributed by atoms with E-state index in [-0.39, 0.29) is 11.8 Å². The smallest absolute Gasteiger partial charge is 0.225 e. The highest BCUT2D eigenvalue weighted by molar-refractivity contribution is 5.80. The Bertz CT molecular complexity index is 543. The van der Waals surface area contributed by atoms with E-state index in [0.29, 0.717) is 13.2 Å². The summed E-state index contributed by atoms with van der Waals surface area (Å²) in [4.78, 5) is 14.6. The van der Waals surface area contributed by atoms with Gasteiger partial charge in [0.15, 0.2) is 0 Å². The number of rotatable bonds is 7. The van der Waals surface area contributed by atoms with Gasteiger partial charge in [0.25, 0.3) is 0 Å². The molecular formula is C19H31N3O2. The molecule has 1 amide bonds. The lowest BCUT2D eigenvalue weighted by Gasteiger charge is -2.37. The fraction of sp³-hybridized carbons (Fsp3) is 0.632. The van der Waals surface area contributed by atoms with E-state index in [2.05, 4.69) is 10.2 Å². The summed E-state index contributed by atoms with van der Waals surface area (Å²) in [6.07, 6.45) is 3.98. The Balaban J connectivity index is 1.92. The van der Waals surface area contributed by atoms with Gasteiger partial charge < -0.3 is 20.7 Å². The van der Waals surface area contributed by atoms with Crippen LogP contribution in [0.25, 0.3) is 0 Å². The SMILES string of the molecule is CN(C)CCOc1ccccc1CNC(=O)C1CCCCC1(C)N. The van der Waals surface area contributed by atoms with Crippen LogP contribution in [0.4, 0.5) is 0 Å². The number of ether oxygens (including phenoxy) is 1. The third-order valence-electron chi connectivity index (χ3n) is 4.79. The molecule has 0 bridgehead atoms. The summed E-state index contributed by atoms with van der Waals surface area (Å²) in [6, 6.07) is 7.86. The number of nitrogens with one attached hydrogen (secondary N) is 1. The molecule has 3 N–H and O–H groups in total. The van der Waals surface area contributed by atoms with Crippen LogP contribution in [-0.4, -0.2) is 43.6 Å². The molecule has 0 radical (unpaired) electrons. The predicted octanol–water partition coefficient (Wildman–Crippen LogP) is 2.15. The van der Waals surface area contributed by atoms with E-state index >= 15 is 0 Å². The minimum Gasteiger partial charge on any atom is -0.492 e. The van der Waals surface area contributed by atoms with E-state index in [1.807, 2.05) is 45.3 Å². The Morgan fingerprint density at radius 3 is 2.83 bits per heavy atom. The van der Waals surface area contributed by atoms with Crippen molar-refractivity contribution < 1.29 is 9.53 Å². The topological polar surface area (TPSA) is 67.6 Å². The molecular weight excluding hydrogens is 302 g/mol. The van der Waals surface area contributed by atoms with Crippen LogP contribution in [0.1, 0.15) is 38.2 Å². The zero-order valence-electron chi connectivity index (χ0n) is 15.2. The molecule has 24 heavy (non-hydrogen) atoms. The third-order valence-corrected chi connectivity index (χ3v) is 4.79. The van der Waals surface area contributed by atoms with Crippen molar-refractivity contribution in [1.82, 2.24) is 10.2 Å². The predicted molar refractivity (Wildman–Crippen MR) is 96.9 cm³/mol. The first-order valence-electron chi connectivity index (χ1n) is 8.82. The van der Waals surface area contributed by atoms with E-state index in [1.54, 1.807) is 0 Å². The van der Waals surface area contributed by atoms with E-state index in [0.717, 1.165) is 43.5 Å². The van der Waals surface area contributed by atoms with Gasteiger partial charge in [-0.1, -0.05) is 31.0 Å². The monoisotopic (exact) mass is 333 g/mol. The summed E-state index contributed by atoms with van der Waals surface area (Å²) < 4.78 is 5.85. The van der Waals surface area contributed by atoms with Crippen molar-refractivity contribution in [3.05, 3.63) is 29.8 Å². The van der Waals surface area contributed by atoms with Crippen LogP contribution in [0.15, 0.2) is 24.3 Å². The summed E-state index contributed by atoms with van der Waals surface area (Å²) in [6.45, 7) is 3.95. The van der Waals surface area contributed by atoms with Crippen LogP contribution >= 0.6 is 0 Å².